The number of carbonyl (C=O) groups excluding carboxylic acids is 1. The van der Waals surface area contributed by atoms with E-state index in [-0.39, 0.29) is 17.2 Å². The van der Waals surface area contributed by atoms with E-state index in [4.69, 9.17) is 0 Å². The molecule has 0 aliphatic heterocycles. The van der Waals surface area contributed by atoms with Gasteiger partial charge in [0.05, 0.1) is 17.5 Å². The van der Waals surface area contributed by atoms with E-state index >= 15 is 0 Å². The number of halogens is 3. The number of alkyl halides is 3. The highest BCUT2D eigenvalue weighted by Gasteiger charge is 2.32. The second-order valence-corrected chi connectivity index (χ2v) is 6.85. The number of aryl methyl sites for hydroxylation is 2. The van der Waals surface area contributed by atoms with E-state index < -0.39 is 11.7 Å². The average molecular weight is 380 g/mol. The number of benzene rings is 2. The third-order valence-electron chi connectivity index (χ3n) is 3.44. The van der Waals surface area contributed by atoms with Gasteiger partial charge in [0, 0.05) is 11.3 Å². The largest absolute Gasteiger partial charge is 0.417 e. The standard InChI is InChI=1S/C19H19F3N2OS/c1-13-7-14(2)9-15(8-13)11-26-12-18(25)24-23-10-16-5-3-4-6-17(16)19(20,21)22/h3-10H,11-12H2,1-2H3,(H,24,25)/b23-10-. The van der Waals surface area contributed by atoms with Crippen LogP contribution in [0.15, 0.2) is 47.6 Å². The second kappa shape index (κ2) is 8.89. The SMILES string of the molecule is Cc1cc(C)cc(CSCC(=O)N/N=C\c2ccccc2C(F)(F)F)c1. The Labute approximate surface area is 154 Å². The molecule has 2 aromatic carbocycles. The third-order valence-corrected chi connectivity index (χ3v) is 4.45. The predicted molar refractivity (Wildman–Crippen MR) is 99.3 cm³/mol. The highest BCUT2D eigenvalue weighted by Crippen LogP contribution is 2.31. The van der Waals surface area contributed by atoms with Crippen molar-refractivity contribution in [3.63, 3.8) is 0 Å². The molecule has 3 nitrogen and oxygen atoms in total. The van der Waals surface area contributed by atoms with Crippen LogP contribution < -0.4 is 5.43 Å². The van der Waals surface area contributed by atoms with Crippen molar-refractivity contribution in [3.8, 4) is 0 Å². The Kier molecular flexibility index (Phi) is 6.85. The molecule has 0 bridgehead atoms. The summed E-state index contributed by atoms with van der Waals surface area (Å²) >= 11 is 1.42. The maximum atomic E-state index is 12.9. The molecule has 138 valence electrons. The summed E-state index contributed by atoms with van der Waals surface area (Å²) in [6.45, 7) is 4.03. The number of amides is 1. The lowest BCUT2D eigenvalue weighted by atomic mass is 10.1. The van der Waals surface area contributed by atoms with Crippen molar-refractivity contribution in [3.05, 3.63) is 70.3 Å². The lowest BCUT2D eigenvalue weighted by Gasteiger charge is -2.09. The maximum absolute atomic E-state index is 12.9. The van der Waals surface area contributed by atoms with E-state index in [1.54, 1.807) is 0 Å². The number of nitrogens with one attached hydrogen (secondary N) is 1. The van der Waals surface area contributed by atoms with Crippen molar-refractivity contribution in [1.82, 2.24) is 5.43 Å². The highest BCUT2D eigenvalue weighted by molar-refractivity contribution is 7.99. The Hall–Kier alpha value is -2.28. The smallest absolute Gasteiger partial charge is 0.272 e. The maximum Gasteiger partial charge on any atom is 0.417 e. The summed E-state index contributed by atoms with van der Waals surface area (Å²) < 4.78 is 38.6. The first-order valence-electron chi connectivity index (χ1n) is 7.89. The Morgan fingerprint density at radius 1 is 1.15 bits per heavy atom. The number of hydrogen-bond donors (Lipinski definition) is 1. The molecule has 2 rings (SSSR count). The summed E-state index contributed by atoms with van der Waals surface area (Å²) in [6, 6.07) is 11.3. The number of thioether (sulfide) groups is 1. The van der Waals surface area contributed by atoms with E-state index in [1.165, 1.54) is 30.0 Å². The topological polar surface area (TPSA) is 41.5 Å². The molecule has 0 atom stereocenters. The van der Waals surface area contributed by atoms with Crippen LogP contribution in [-0.2, 0) is 16.7 Å². The third kappa shape index (κ3) is 6.22. The van der Waals surface area contributed by atoms with E-state index in [2.05, 4.69) is 28.7 Å². The molecule has 0 aliphatic carbocycles. The molecule has 0 fully saturated rings. The van der Waals surface area contributed by atoms with Gasteiger partial charge in [0.1, 0.15) is 0 Å². The van der Waals surface area contributed by atoms with Crippen molar-refractivity contribution in [1.29, 1.82) is 0 Å². The molecule has 0 radical (unpaired) electrons. The fraction of sp³-hybridized carbons (Fsp3) is 0.263. The number of nitrogens with zero attached hydrogens (tertiary/aromatic N) is 1. The van der Waals surface area contributed by atoms with Gasteiger partial charge in [-0.25, -0.2) is 5.43 Å². The van der Waals surface area contributed by atoms with Crippen LogP contribution in [0, 0.1) is 13.8 Å². The van der Waals surface area contributed by atoms with E-state index in [0.29, 0.717) is 5.75 Å². The molecular formula is C19H19F3N2OS. The summed E-state index contributed by atoms with van der Waals surface area (Å²) in [5, 5.41) is 3.63. The van der Waals surface area contributed by atoms with Crippen molar-refractivity contribution < 1.29 is 18.0 Å². The Bertz CT molecular complexity index is 783. The molecule has 0 saturated carbocycles. The molecule has 0 aromatic heterocycles. The number of hydrogen-bond acceptors (Lipinski definition) is 3. The van der Waals surface area contributed by atoms with Crippen LogP contribution in [-0.4, -0.2) is 17.9 Å². The Morgan fingerprint density at radius 3 is 2.46 bits per heavy atom. The van der Waals surface area contributed by atoms with Crippen LogP contribution in [0.3, 0.4) is 0 Å². The number of rotatable bonds is 6. The first-order chi connectivity index (χ1) is 12.3. The van der Waals surface area contributed by atoms with Gasteiger partial charge in [-0.2, -0.15) is 18.3 Å². The van der Waals surface area contributed by atoms with Gasteiger partial charge in [-0.05, 0) is 25.5 Å². The number of carbonyl (C=O) groups is 1. The lowest BCUT2D eigenvalue weighted by molar-refractivity contribution is -0.137. The van der Waals surface area contributed by atoms with Crippen molar-refractivity contribution in [2.75, 3.05) is 5.75 Å². The summed E-state index contributed by atoms with van der Waals surface area (Å²) in [4.78, 5) is 11.8. The Morgan fingerprint density at radius 2 is 1.81 bits per heavy atom. The van der Waals surface area contributed by atoms with Gasteiger partial charge in [0.15, 0.2) is 0 Å². The van der Waals surface area contributed by atoms with Crippen molar-refractivity contribution in [2.45, 2.75) is 25.8 Å². The molecule has 7 heteroatoms. The van der Waals surface area contributed by atoms with Gasteiger partial charge >= 0.3 is 6.18 Å². The molecule has 1 amide bonds. The molecule has 2 aromatic rings. The minimum absolute atomic E-state index is 0.0943. The zero-order chi connectivity index (χ0) is 19.2. The zero-order valence-electron chi connectivity index (χ0n) is 14.4. The molecule has 0 unspecified atom stereocenters. The quantitative estimate of drug-likeness (QED) is 0.583. The minimum Gasteiger partial charge on any atom is -0.272 e. The van der Waals surface area contributed by atoms with Gasteiger partial charge < -0.3 is 0 Å². The predicted octanol–water partition coefficient (Wildman–Crippen LogP) is 4.71. The van der Waals surface area contributed by atoms with E-state index in [0.717, 1.165) is 29.0 Å². The first kappa shape index (κ1) is 20.0. The molecule has 0 saturated heterocycles. The van der Waals surface area contributed by atoms with Crippen LogP contribution in [0.1, 0.15) is 27.8 Å². The van der Waals surface area contributed by atoms with Crippen molar-refractivity contribution in [2.24, 2.45) is 5.10 Å². The molecule has 0 spiro atoms. The molecular weight excluding hydrogens is 361 g/mol. The molecule has 26 heavy (non-hydrogen) atoms. The molecule has 0 aliphatic rings. The van der Waals surface area contributed by atoms with Crippen LogP contribution in [0.2, 0.25) is 0 Å². The van der Waals surface area contributed by atoms with Gasteiger partial charge in [0.2, 0.25) is 5.91 Å². The summed E-state index contributed by atoms with van der Waals surface area (Å²) in [5.74, 6) is 0.488. The number of hydrazone groups is 1. The minimum atomic E-state index is -4.46. The summed E-state index contributed by atoms with van der Waals surface area (Å²) in [5.41, 5.74) is 4.83. The van der Waals surface area contributed by atoms with Crippen LogP contribution >= 0.6 is 11.8 Å². The van der Waals surface area contributed by atoms with E-state index in [9.17, 15) is 18.0 Å². The highest BCUT2D eigenvalue weighted by atomic mass is 32.2. The van der Waals surface area contributed by atoms with E-state index in [1.807, 2.05) is 13.8 Å². The van der Waals surface area contributed by atoms with Crippen LogP contribution in [0.5, 0.6) is 0 Å². The normalized spacial score (nSPS) is 11.7. The summed E-state index contributed by atoms with van der Waals surface area (Å²) in [6.07, 6.45) is -3.45. The fourth-order valence-corrected chi connectivity index (χ4v) is 3.24. The lowest BCUT2D eigenvalue weighted by Crippen LogP contribution is -2.20. The van der Waals surface area contributed by atoms with Crippen LogP contribution in [0.4, 0.5) is 13.2 Å². The Balaban J connectivity index is 1.85. The van der Waals surface area contributed by atoms with Crippen molar-refractivity contribution >= 4 is 23.9 Å². The second-order valence-electron chi connectivity index (χ2n) is 5.87. The summed E-state index contributed by atoms with van der Waals surface area (Å²) in [7, 11) is 0. The van der Waals surface area contributed by atoms with Crippen LogP contribution in [0.25, 0.3) is 0 Å². The average Bonchev–Trinajstić information content (AvgIpc) is 2.53. The first-order valence-corrected chi connectivity index (χ1v) is 9.04. The van der Waals surface area contributed by atoms with Gasteiger partial charge in [-0.3, -0.25) is 4.79 Å². The zero-order valence-corrected chi connectivity index (χ0v) is 15.2. The molecule has 0 heterocycles. The van der Waals surface area contributed by atoms with Gasteiger partial charge in [0.25, 0.3) is 0 Å². The monoisotopic (exact) mass is 380 g/mol. The fourth-order valence-electron chi connectivity index (χ4n) is 2.49. The van der Waals surface area contributed by atoms with Gasteiger partial charge in [-0.15, -0.1) is 11.8 Å². The van der Waals surface area contributed by atoms with Gasteiger partial charge in [-0.1, -0.05) is 47.5 Å². The molecule has 1 N–H and O–H groups in total.